The SMILES string of the molecule is CCn1c(CNC(=O)c2nc(Cl)c(N)nc2N)[n+](CC(=O)N(C)CCCN(C)C)c2ccc(OC)cc21.Cl.[Cl-]. The van der Waals surface area contributed by atoms with Crippen molar-refractivity contribution >= 4 is 58.5 Å². The van der Waals surface area contributed by atoms with Crippen molar-refractivity contribution in [3.63, 3.8) is 0 Å². The number of rotatable bonds is 11. The average molecular weight is 605 g/mol. The van der Waals surface area contributed by atoms with Crippen molar-refractivity contribution in [2.24, 2.45) is 0 Å². The van der Waals surface area contributed by atoms with Crippen molar-refractivity contribution in [3.05, 3.63) is 34.9 Å². The molecule has 1 aromatic carbocycles. The number of amides is 2. The first-order valence-corrected chi connectivity index (χ1v) is 12.3. The van der Waals surface area contributed by atoms with Gasteiger partial charge in [-0.05, 0) is 46.1 Å². The number of hydrogen-bond acceptors (Lipinski definition) is 8. The molecule has 15 heteroatoms. The zero-order valence-electron chi connectivity index (χ0n) is 22.7. The van der Waals surface area contributed by atoms with Gasteiger partial charge in [0.2, 0.25) is 0 Å². The molecular formula is C24H36Cl3N9O3. The van der Waals surface area contributed by atoms with E-state index in [1.165, 1.54) is 0 Å². The summed E-state index contributed by atoms with van der Waals surface area (Å²) in [6, 6.07) is 5.67. The van der Waals surface area contributed by atoms with Crippen LogP contribution in [0.4, 0.5) is 11.6 Å². The van der Waals surface area contributed by atoms with Gasteiger partial charge in [-0.25, -0.2) is 19.1 Å². The van der Waals surface area contributed by atoms with Gasteiger partial charge in [-0.15, -0.1) is 12.4 Å². The topological polar surface area (TPSA) is 149 Å². The van der Waals surface area contributed by atoms with Gasteiger partial charge in [0.15, 0.2) is 40.1 Å². The number of ether oxygens (including phenoxy) is 1. The Bertz CT molecular complexity index is 1300. The van der Waals surface area contributed by atoms with Gasteiger partial charge >= 0.3 is 0 Å². The van der Waals surface area contributed by atoms with E-state index in [0.717, 1.165) is 29.8 Å². The number of benzene rings is 1. The highest BCUT2D eigenvalue weighted by Gasteiger charge is 2.28. The molecule has 0 aliphatic carbocycles. The lowest BCUT2D eigenvalue weighted by molar-refractivity contribution is -0.668. The highest BCUT2D eigenvalue weighted by Crippen LogP contribution is 2.22. The molecule has 0 fully saturated rings. The minimum atomic E-state index is -0.559. The van der Waals surface area contributed by atoms with Crippen LogP contribution in [-0.4, -0.2) is 77.5 Å². The van der Waals surface area contributed by atoms with Crippen molar-refractivity contribution in [3.8, 4) is 5.75 Å². The summed E-state index contributed by atoms with van der Waals surface area (Å²) in [5.74, 6) is 0.638. The van der Waals surface area contributed by atoms with Gasteiger partial charge in [0, 0.05) is 19.7 Å². The number of carbonyl (C=O) groups excluding carboxylic acids is 2. The predicted octanol–water partition coefficient (Wildman–Crippen LogP) is -1.67. The van der Waals surface area contributed by atoms with Crippen LogP contribution in [0.5, 0.6) is 5.75 Å². The Morgan fingerprint density at radius 3 is 2.46 bits per heavy atom. The van der Waals surface area contributed by atoms with E-state index in [-0.39, 0.29) is 66.3 Å². The number of nitrogens with two attached hydrogens (primary N) is 2. The van der Waals surface area contributed by atoms with Crippen LogP contribution in [-0.2, 0) is 24.4 Å². The van der Waals surface area contributed by atoms with E-state index in [1.807, 2.05) is 48.4 Å². The summed E-state index contributed by atoms with van der Waals surface area (Å²) in [5, 5.41) is 2.73. The van der Waals surface area contributed by atoms with Crippen LogP contribution in [0.25, 0.3) is 11.0 Å². The van der Waals surface area contributed by atoms with E-state index >= 15 is 0 Å². The molecule has 39 heavy (non-hydrogen) atoms. The number of hydrogen-bond donors (Lipinski definition) is 3. The van der Waals surface area contributed by atoms with Crippen LogP contribution in [0, 0.1) is 0 Å². The summed E-state index contributed by atoms with van der Waals surface area (Å²) in [4.78, 5) is 37.8. The highest BCUT2D eigenvalue weighted by molar-refractivity contribution is 6.31. The Morgan fingerprint density at radius 2 is 1.85 bits per heavy atom. The molecule has 0 radical (unpaired) electrons. The fraction of sp³-hybridized carbons (Fsp3) is 0.458. The van der Waals surface area contributed by atoms with Crippen molar-refractivity contribution in [2.75, 3.05) is 52.8 Å². The molecule has 0 unspecified atom stereocenters. The largest absolute Gasteiger partial charge is 1.00 e. The second-order valence-corrected chi connectivity index (χ2v) is 9.25. The number of carbonyl (C=O) groups is 2. The van der Waals surface area contributed by atoms with Gasteiger partial charge in [0.25, 0.3) is 17.6 Å². The fourth-order valence-corrected chi connectivity index (χ4v) is 4.20. The molecule has 0 atom stereocenters. The maximum Gasteiger partial charge on any atom is 0.277 e. The number of fused-ring (bicyclic) bond motifs is 1. The van der Waals surface area contributed by atoms with Crippen molar-refractivity contribution < 1.29 is 31.3 Å². The van der Waals surface area contributed by atoms with Crippen LogP contribution in [0.3, 0.4) is 0 Å². The zero-order valence-corrected chi connectivity index (χ0v) is 25.0. The second-order valence-electron chi connectivity index (χ2n) is 8.89. The Hall–Kier alpha value is -3.06. The number of aryl methyl sites for hydroxylation is 1. The van der Waals surface area contributed by atoms with Crippen LogP contribution >= 0.6 is 24.0 Å². The van der Waals surface area contributed by atoms with E-state index in [4.69, 9.17) is 27.8 Å². The number of anilines is 2. The molecular weight excluding hydrogens is 569 g/mol. The number of aromatic nitrogens is 4. The molecule has 0 saturated heterocycles. The Balaban J connectivity index is 0.00000380. The van der Waals surface area contributed by atoms with Gasteiger partial charge in [-0.1, -0.05) is 11.6 Å². The lowest BCUT2D eigenvalue weighted by Gasteiger charge is -2.18. The number of nitrogens with zero attached hydrogens (tertiary/aromatic N) is 6. The summed E-state index contributed by atoms with van der Waals surface area (Å²) in [5.41, 5.74) is 13.1. The number of likely N-dealkylation sites (N-methyl/N-ethyl adjacent to an activating group) is 1. The predicted molar refractivity (Wildman–Crippen MR) is 149 cm³/mol. The third kappa shape index (κ3) is 7.98. The number of methoxy groups -OCH3 is 1. The number of imidazole rings is 1. The maximum absolute atomic E-state index is 13.2. The lowest BCUT2D eigenvalue weighted by atomic mass is 10.3. The monoisotopic (exact) mass is 603 g/mol. The maximum atomic E-state index is 13.2. The van der Waals surface area contributed by atoms with E-state index < -0.39 is 5.91 Å². The molecule has 0 spiro atoms. The molecule has 0 aliphatic heterocycles. The smallest absolute Gasteiger partial charge is 0.277 e. The molecule has 2 aromatic heterocycles. The minimum absolute atomic E-state index is 0. The first kappa shape index (κ1) is 34.0. The van der Waals surface area contributed by atoms with Crippen LogP contribution in [0.1, 0.15) is 29.7 Å². The Morgan fingerprint density at radius 1 is 1.15 bits per heavy atom. The van der Waals surface area contributed by atoms with E-state index in [1.54, 1.807) is 19.1 Å². The second kappa shape index (κ2) is 14.9. The van der Waals surface area contributed by atoms with Gasteiger partial charge in [-0.2, -0.15) is 0 Å². The summed E-state index contributed by atoms with van der Waals surface area (Å²) in [6.45, 7) is 4.33. The van der Waals surface area contributed by atoms with E-state index in [9.17, 15) is 9.59 Å². The zero-order chi connectivity index (χ0) is 27.3. The van der Waals surface area contributed by atoms with Gasteiger partial charge in [0.1, 0.15) is 12.3 Å². The molecule has 2 heterocycles. The van der Waals surface area contributed by atoms with Crippen molar-refractivity contribution in [1.29, 1.82) is 0 Å². The molecule has 3 rings (SSSR count). The molecule has 5 N–H and O–H groups in total. The number of nitrogens with one attached hydrogen (secondary N) is 1. The first-order valence-electron chi connectivity index (χ1n) is 11.9. The summed E-state index contributed by atoms with van der Waals surface area (Å²) >= 11 is 5.94. The summed E-state index contributed by atoms with van der Waals surface area (Å²) < 4.78 is 9.36. The standard InChI is InChI=1S/C24H34ClN9O3.2ClH/c1-6-33-17-12-15(37-5)8-9-16(17)34(14-19(35)32(4)11-7-10-31(2)3)18(33)13-28-24(36)20-22(26)30-23(27)21(25)29-20;;/h8-9,12H,6-7,10-11,13-14H2,1-5H3,(H4-,26,27,28,30,36);2*1H. The molecule has 2 amide bonds. The van der Waals surface area contributed by atoms with E-state index in [2.05, 4.69) is 20.2 Å². The molecule has 3 aromatic rings. The highest BCUT2D eigenvalue weighted by atomic mass is 35.5. The molecule has 0 saturated carbocycles. The van der Waals surface area contributed by atoms with Gasteiger partial charge in [0.05, 0.1) is 13.7 Å². The molecule has 0 bridgehead atoms. The van der Waals surface area contributed by atoms with Crippen LogP contribution < -0.4 is 38.5 Å². The minimum Gasteiger partial charge on any atom is -1.00 e. The van der Waals surface area contributed by atoms with E-state index in [0.29, 0.717) is 18.8 Å². The Labute approximate surface area is 245 Å². The van der Waals surface area contributed by atoms with Gasteiger partial charge in [-0.3, -0.25) is 9.59 Å². The lowest BCUT2D eigenvalue weighted by Crippen LogP contribution is -3.00. The van der Waals surface area contributed by atoms with Crippen LogP contribution in [0.2, 0.25) is 5.15 Å². The van der Waals surface area contributed by atoms with Crippen LogP contribution in [0.15, 0.2) is 18.2 Å². The van der Waals surface area contributed by atoms with Gasteiger partial charge < -0.3 is 43.7 Å². The number of nitrogen functional groups attached to an aromatic ring is 2. The molecule has 216 valence electrons. The third-order valence-corrected chi connectivity index (χ3v) is 6.33. The third-order valence-electron chi connectivity index (χ3n) is 6.05. The normalized spacial score (nSPS) is 10.6. The molecule has 12 nitrogen and oxygen atoms in total. The van der Waals surface area contributed by atoms with Crippen molar-refractivity contribution in [2.45, 2.75) is 33.0 Å². The molecule has 0 aliphatic rings. The summed E-state index contributed by atoms with van der Waals surface area (Å²) in [7, 11) is 7.41. The Kier molecular flexibility index (Phi) is 13.0. The summed E-state index contributed by atoms with van der Waals surface area (Å²) in [6.07, 6.45) is 0.864. The number of halogens is 3. The quantitative estimate of drug-likeness (QED) is 0.220. The average Bonchev–Trinajstić information content (AvgIpc) is 3.15. The first-order chi connectivity index (χ1) is 17.6. The van der Waals surface area contributed by atoms with Crippen molar-refractivity contribution in [1.82, 2.24) is 29.7 Å². The fourth-order valence-electron chi connectivity index (χ4n) is 4.08.